The molecule has 0 radical (unpaired) electrons. The van der Waals surface area contributed by atoms with Gasteiger partial charge in [-0.05, 0) is 54.6 Å². The minimum absolute atomic E-state index is 0.0604. The largest absolute Gasteiger partial charge is 0.495 e. The molecular weight excluding hydrogens is 412 g/mol. The molecular formula is C21H19ClN2O4S. The third-order valence-electron chi connectivity index (χ3n) is 4.28. The van der Waals surface area contributed by atoms with E-state index in [1.807, 2.05) is 0 Å². The number of nitrogens with zero attached hydrogens (tertiary/aromatic N) is 1. The van der Waals surface area contributed by atoms with Crippen molar-refractivity contribution in [3.8, 4) is 5.75 Å². The molecule has 1 amide bonds. The van der Waals surface area contributed by atoms with Crippen LogP contribution in [-0.2, 0) is 10.0 Å². The molecule has 0 bridgehead atoms. The monoisotopic (exact) mass is 430 g/mol. The van der Waals surface area contributed by atoms with E-state index >= 15 is 0 Å². The van der Waals surface area contributed by atoms with E-state index in [0.717, 1.165) is 4.31 Å². The summed E-state index contributed by atoms with van der Waals surface area (Å²) in [6.45, 7) is 0. The van der Waals surface area contributed by atoms with Crippen molar-refractivity contribution in [3.63, 3.8) is 0 Å². The van der Waals surface area contributed by atoms with Crippen LogP contribution in [0, 0.1) is 0 Å². The van der Waals surface area contributed by atoms with E-state index in [1.54, 1.807) is 48.5 Å². The molecule has 0 spiro atoms. The Morgan fingerprint density at radius 3 is 2.34 bits per heavy atom. The van der Waals surface area contributed by atoms with Crippen LogP contribution in [-0.4, -0.2) is 28.5 Å². The average Bonchev–Trinajstić information content (AvgIpc) is 2.73. The van der Waals surface area contributed by atoms with E-state index in [9.17, 15) is 13.2 Å². The molecule has 8 heteroatoms. The highest BCUT2D eigenvalue weighted by molar-refractivity contribution is 7.92. The number of nitrogens with one attached hydrogen (secondary N) is 1. The Labute approximate surface area is 174 Å². The number of benzene rings is 3. The van der Waals surface area contributed by atoms with Crippen LogP contribution in [0.15, 0.2) is 77.7 Å². The molecule has 0 unspecified atom stereocenters. The van der Waals surface area contributed by atoms with Crippen molar-refractivity contribution in [1.29, 1.82) is 0 Å². The summed E-state index contributed by atoms with van der Waals surface area (Å²) in [6, 6.07) is 19.3. The van der Waals surface area contributed by atoms with E-state index in [2.05, 4.69) is 5.32 Å². The van der Waals surface area contributed by atoms with Gasteiger partial charge in [0.2, 0.25) is 0 Å². The Bertz CT molecular complexity index is 1130. The fraction of sp³-hybridized carbons (Fsp3) is 0.0952. The van der Waals surface area contributed by atoms with Crippen LogP contribution in [0.2, 0.25) is 5.02 Å². The topological polar surface area (TPSA) is 75.7 Å². The van der Waals surface area contributed by atoms with Crippen LogP contribution in [0.5, 0.6) is 5.75 Å². The Kier molecular flexibility index (Phi) is 6.10. The Hall–Kier alpha value is -3.03. The van der Waals surface area contributed by atoms with Crippen LogP contribution in [0.3, 0.4) is 0 Å². The van der Waals surface area contributed by atoms with Gasteiger partial charge in [0.05, 0.1) is 17.7 Å². The standard InChI is InChI=1S/C21H19ClN2O4S/c1-24(19-8-3-4-9-20(19)28-2)29(26,27)18-12-10-15(11-13-18)21(25)23-17-7-5-6-16(22)14-17/h3-14H,1-2H3,(H,23,25). The zero-order valence-corrected chi connectivity index (χ0v) is 17.4. The second-order valence-corrected chi connectivity index (χ2v) is 8.54. The van der Waals surface area contributed by atoms with E-state index in [0.29, 0.717) is 27.7 Å². The van der Waals surface area contributed by atoms with E-state index in [1.165, 1.54) is 38.4 Å². The third-order valence-corrected chi connectivity index (χ3v) is 6.30. The SMILES string of the molecule is COc1ccccc1N(C)S(=O)(=O)c1ccc(C(=O)Nc2cccc(Cl)c2)cc1. The second kappa shape index (κ2) is 8.55. The molecule has 0 atom stereocenters. The lowest BCUT2D eigenvalue weighted by Gasteiger charge is -2.21. The number of amides is 1. The number of hydrogen-bond donors (Lipinski definition) is 1. The maximum absolute atomic E-state index is 13.0. The lowest BCUT2D eigenvalue weighted by Crippen LogP contribution is -2.27. The highest BCUT2D eigenvalue weighted by Crippen LogP contribution is 2.30. The van der Waals surface area contributed by atoms with Gasteiger partial charge in [0.1, 0.15) is 5.75 Å². The van der Waals surface area contributed by atoms with Crippen LogP contribution < -0.4 is 14.4 Å². The van der Waals surface area contributed by atoms with Gasteiger partial charge in [-0.15, -0.1) is 0 Å². The van der Waals surface area contributed by atoms with Crippen molar-refractivity contribution in [3.05, 3.63) is 83.4 Å². The van der Waals surface area contributed by atoms with Crippen molar-refractivity contribution in [2.24, 2.45) is 0 Å². The summed E-state index contributed by atoms with van der Waals surface area (Å²) < 4.78 is 32.3. The minimum Gasteiger partial charge on any atom is -0.495 e. The highest BCUT2D eigenvalue weighted by Gasteiger charge is 2.24. The average molecular weight is 431 g/mol. The molecule has 6 nitrogen and oxygen atoms in total. The van der Waals surface area contributed by atoms with Gasteiger partial charge in [-0.3, -0.25) is 9.10 Å². The molecule has 0 aromatic heterocycles. The number of hydrogen-bond acceptors (Lipinski definition) is 4. The zero-order valence-electron chi connectivity index (χ0n) is 15.8. The van der Waals surface area contributed by atoms with E-state index < -0.39 is 10.0 Å². The van der Waals surface area contributed by atoms with Gasteiger partial charge in [0.15, 0.2) is 0 Å². The van der Waals surface area contributed by atoms with Gasteiger partial charge in [-0.2, -0.15) is 0 Å². The number of para-hydroxylation sites is 2. The summed E-state index contributed by atoms with van der Waals surface area (Å²) in [6.07, 6.45) is 0. The molecule has 150 valence electrons. The van der Waals surface area contributed by atoms with Gasteiger partial charge in [0.25, 0.3) is 15.9 Å². The minimum atomic E-state index is -3.83. The molecule has 0 fully saturated rings. The number of methoxy groups -OCH3 is 1. The number of sulfonamides is 1. The smallest absolute Gasteiger partial charge is 0.264 e. The molecule has 3 aromatic carbocycles. The molecule has 0 saturated carbocycles. The number of anilines is 2. The normalized spacial score (nSPS) is 11.0. The fourth-order valence-electron chi connectivity index (χ4n) is 2.73. The summed E-state index contributed by atoms with van der Waals surface area (Å²) >= 11 is 5.92. The molecule has 3 rings (SSSR count). The maximum Gasteiger partial charge on any atom is 0.264 e. The van der Waals surface area contributed by atoms with Gasteiger partial charge >= 0.3 is 0 Å². The third kappa shape index (κ3) is 4.52. The molecule has 0 saturated heterocycles. The van der Waals surface area contributed by atoms with Crippen LogP contribution in [0.25, 0.3) is 0 Å². The first-order chi connectivity index (χ1) is 13.8. The number of carbonyl (C=O) groups excluding carboxylic acids is 1. The first kappa shape index (κ1) is 20.7. The number of carbonyl (C=O) groups is 1. The van der Waals surface area contributed by atoms with E-state index in [-0.39, 0.29) is 10.8 Å². The van der Waals surface area contributed by atoms with Crippen LogP contribution >= 0.6 is 11.6 Å². The number of halogens is 1. The lowest BCUT2D eigenvalue weighted by atomic mass is 10.2. The number of ether oxygens (including phenoxy) is 1. The molecule has 0 aliphatic carbocycles. The highest BCUT2D eigenvalue weighted by atomic mass is 35.5. The summed E-state index contributed by atoms with van der Waals surface area (Å²) in [7, 11) is -0.897. The van der Waals surface area contributed by atoms with Gasteiger partial charge in [-0.1, -0.05) is 29.8 Å². The molecule has 29 heavy (non-hydrogen) atoms. The first-order valence-electron chi connectivity index (χ1n) is 8.62. The second-order valence-electron chi connectivity index (χ2n) is 6.13. The van der Waals surface area contributed by atoms with Gasteiger partial charge < -0.3 is 10.1 Å². The predicted molar refractivity (Wildman–Crippen MR) is 114 cm³/mol. The number of rotatable bonds is 6. The lowest BCUT2D eigenvalue weighted by molar-refractivity contribution is 0.102. The van der Waals surface area contributed by atoms with Crippen molar-refractivity contribution >= 4 is 38.9 Å². The summed E-state index contributed by atoms with van der Waals surface area (Å²) in [4.78, 5) is 12.5. The van der Waals surface area contributed by atoms with Crippen molar-refractivity contribution in [1.82, 2.24) is 0 Å². The predicted octanol–water partition coefficient (Wildman–Crippen LogP) is 4.43. The van der Waals surface area contributed by atoms with Gasteiger partial charge in [-0.25, -0.2) is 8.42 Å². The molecule has 1 N–H and O–H groups in total. The van der Waals surface area contributed by atoms with E-state index in [4.69, 9.17) is 16.3 Å². The molecule has 0 aliphatic rings. The zero-order chi connectivity index (χ0) is 21.0. The Morgan fingerprint density at radius 1 is 1.00 bits per heavy atom. The van der Waals surface area contributed by atoms with Crippen molar-refractivity contribution in [2.75, 3.05) is 23.8 Å². The molecule has 3 aromatic rings. The van der Waals surface area contributed by atoms with Crippen molar-refractivity contribution < 1.29 is 17.9 Å². The fourth-order valence-corrected chi connectivity index (χ4v) is 4.12. The Morgan fingerprint density at radius 2 is 1.69 bits per heavy atom. The molecule has 0 aliphatic heterocycles. The summed E-state index contributed by atoms with van der Waals surface area (Å²) in [5.41, 5.74) is 1.29. The summed E-state index contributed by atoms with van der Waals surface area (Å²) in [5, 5.41) is 3.22. The first-order valence-corrected chi connectivity index (χ1v) is 10.4. The quantitative estimate of drug-likeness (QED) is 0.627. The Balaban J connectivity index is 1.82. The van der Waals surface area contributed by atoms with Crippen LogP contribution in [0.1, 0.15) is 10.4 Å². The summed E-state index contributed by atoms with van der Waals surface area (Å²) in [5.74, 6) is 0.0744. The maximum atomic E-state index is 13.0. The van der Waals surface area contributed by atoms with Gasteiger partial charge in [0, 0.05) is 23.3 Å². The molecule has 0 heterocycles. The van der Waals surface area contributed by atoms with Crippen LogP contribution in [0.4, 0.5) is 11.4 Å². The van der Waals surface area contributed by atoms with Crippen molar-refractivity contribution in [2.45, 2.75) is 4.90 Å².